The molecule has 0 spiro atoms. The zero-order valence-electron chi connectivity index (χ0n) is 19.8. The fraction of sp³-hybridized carbons (Fsp3) is 1.00. The normalized spacial score (nSPS) is 14.2. The maximum absolute atomic E-state index is 12.1. The van der Waals surface area contributed by atoms with Crippen molar-refractivity contribution in [3.05, 3.63) is 0 Å². The fourth-order valence-corrected chi connectivity index (χ4v) is 4.53. The van der Waals surface area contributed by atoms with Crippen molar-refractivity contribution < 1.29 is 23.2 Å². The van der Waals surface area contributed by atoms with E-state index in [1.807, 2.05) is 6.92 Å². The Bertz CT molecular complexity index is 397. The summed E-state index contributed by atoms with van der Waals surface area (Å²) in [5.74, 6) is -1.45. The Morgan fingerprint density at radius 2 is 1.00 bits per heavy atom. The first-order valence-corrected chi connectivity index (χ1v) is 13.6. The van der Waals surface area contributed by atoms with E-state index in [-0.39, 0.29) is 0 Å². The van der Waals surface area contributed by atoms with Gasteiger partial charge in [-0.2, -0.15) is 0 Å². The van der Waals surface area contributed by atoms with Crippen LogP contribution in [0.15, 0.2) is 0 Å². The molecule has 6 heteroatoms. The van der Waals surface area contributed by atoms with Crippen LogP contribution in [-0.4, -0.2) is 25.1 Å². The molecule has 1 unspecified atom stereocenters. The molecule has 0 saturated heterocycles. The van der Waals surface area contributed by atoms with Gasteiger partial charge in [0.25, 0.3) is 0 Å². The Labute approximate surface area is 180 Å². The van der Waals surface area contributed by atoms with Gasteiger partial charge in [-0.05, 0) is 12.8 Å². The van der Waals surface area contributed by atoms with E-state index in [1.165, 1.54) is 104 Å². The van der Waals surface area contributed by atoms with Crippen molar-refractivity contribution in [2.24, 2.45) is 0 Å². The molecule has 0 rings (SSSR count). The Morgan fingerprint density at radius 1 is 0.655 bits per heavy atom. The fourth-order valence-electron chi connectivity index (χ4n) is 3.59. The zero-order valence-corrected chi connectivity index (χ0v) is 20.6. The maximum atomic E-state index is 12.1. The molecule has 0 fully saturated rings. The number of unbranched alkanes of at least 4 members (excludes halogenated alkanes) is 15. The van der Waals surface area contributed by atoms with Gasteiger partial charge in [0.2, 0.25) is 0 Å². The molecule has 0 amide bonds. The standard InChI is InChI=1S/C23H49O5P/c1-5-7-8-9-10-11-12-13-14-15-16-17-18-19-20-21-22-23(24,6-2)28-29(25,26-3)27-4/h24H,5-22H2,1-4H3. The second-order valence-electron chi connectivity index (χ2n) is 8.26. The Balaban J connectivity index is 3.53. The number of phosphoric ester groups is 1. The number of hydrogen-bond acceptors (Lipinski definition) is 5. The van der Waals surface area contributed by atoms with Gasteiger partial charge in [-0.15, -0.1) is 0 Å². The van der Waals surface area contributed by atoms with Gasteiger partial charge < -0.3 is 5.11 Å². The van der Waals surface area contributed by atoms with Crippen LogP contribution in [0.5, 0.6) is 0 Å². The third-order valence-electron chi connectivity index (χ3n) is 5.70. The molecule has 5 nitrogen and oxygen atoms in total. The van der Waals surface area contributed by atoms with E-state index >= 15 is 0 Å². The van der Waals surface area contributed by atoms with Gasteiger partial charge in [0.05, 0.1) is 0 Å². The van der Waals surface area contributed by atoms with E-state index in [0.29, 0.717) is 12.8 Å². The van der Waals surface area contributed by atoms with Gasteiger partial charge in [-0.25, -0.2) is 4.57 Å². The van der Waals surface area contributed by atoms with Crippen molar-refractivity contribution in [3.63, 3.8) is 0 Å². The molecular weight excluding hydrogens is 387 g/mol. The zero-order chi connectivity index (χ0) is 21.8. The van der Waals surface area contributed by atoms with Crippen LogP contribution >= 0.6 is 7.82 Å². The van der Waals surface area contributed by atoms with E-state index in [0.717, 1.165) is 12.8 Å². The summed E-state index contributed by atoms with van der Waals surface area (Å²) in [6.45, 7) is 4.08. The van der Waals surface area contributed by atoms with E-state index in [2.05, 4.69) is 6.92 Å². The lowest BCUT2D eigenvalue weighted by atomic mass is 10.0. The molecule has 0 saturated carbocycles. The lowest BCUT2D eigenvalue weighted by Crippen LogP contribution is -2.30. The Morgan fingerprint density at radius 3 is 1.31 bits per heavy atom. The lowest BCUT2D eigenvalue weighted by Gasteiger charge is -2.29. The van der Waals surface area contributed by atoms with Crippen LogP contribution in [0.2, 0.25) is 0 Å². The Hall–Kier alpha value is 0.0700. The Kier molecular flexibility index (Phi) is 18.9. The highest BCUT2D eigenvalue weighted by Crippen LogP contribution is 2.52. The third-order valence-corrected chi connectivity index (χ3v) is 7.16. The summed E-state index contributed by atoms with van der Waals surface area (Å²) < 4.78 is 26.9. The van der Waals surface area contributed by atoms with Crippen LogP contribution in [0.3, 0.4) is 0 Å². The van der Waals surface area contributed by atoms with E-state index in [1.54, 1.807) is 0 Å². The molecule has 1 atom stereocenters. The van der Waals surface area contributed by atoms with Crippen molar-refractivity contribution in [2.45, 2.75) is 135 Å². The lowest BCUT2D eigenvalue weighted by molar-refractivity contribution is -0.159. The van der Waals surface area contributed by atoms with Crippen LogP contribution in [0, 0.1) is 0 Å². The molecule has 176 valence electrons. The smallest absolute Gasteiger partial charge is 0.365 e. The van der Waals surface area contributed by atoms with E-state index < -0.39 is 13.6 Å². The first-order valence-electron chi connectivity index (χ1n) is 12.1. The minimum Gasteiger partial charge on any atom is -0.365 e. The highest BCUT2D eigenvalue weighted by atomic mass is 31.2. The van der Waals surface area contributed by atoms with E-state index in [4.69, 9.17) is 13.6 Å². The van der Waals surface area contributed by atoms with Crippen LogP contribution in [-0.2, 0) is 18.1 Å². The first kappa shape index (κ1) is 29.1. The average Bonchev–Trinajstić information content (AvgIpc) is 2.73. The second-order valence-corrected chi connectivity index (χ2v) is 10.1. The van der Waals surface area contributed by atoms with Gasteiger partial charge in [0, 0.05) is 20.6 Å². The van der Waals surface area contributed by atoms with Gasteiger partial charge in [-0.3, -0.25) is 13.6 Å². The summed E-state index contributed by atoms with van der Waals surface area (Å²) in [5, 5.41) is 10.5. The molecular formula is C23H49O5P. The van der Waals surface area contributed by atoms with Crippen LogP contribution in [0.1, 0.15) is 129 Å². The van der Waals surface area contributed by atoms with Crippen molar-refractivity contribution in [1.29, 1.82) is 0 Å². The number of aliphatic hydroxyl groups is 1. The predicted molar refractivity (Wildman–Crippen MR) is 122 cm³/mol. The number of phosphoric acid groups is 1. The molecule has 0 aliphatic rings. The largest absolute Gasteiger partial charge is 0.476 e. The summed E-state index contributed by atoms with van der Waals surface area (Å²) >= 11 is 0. The van der Waals surface area contributed by atoms with Crippen LogP contribution in [0.25, 0.3) is 0 Å². The topological polar surface area (TPSA) is 65.0 Å². The SMILES string of the molecule is CCCCCCCCCCCCCCCCCCC(O)(CC)OP(=O)(OC)OC. The quantitative estimate of drug-likeness (QED) is 0.105. The molecule has 29 heavy (non-hydrogen) atoms. The minimum atomic E-state index is -3.66. The molecule has 0 heterocycles. The van der Waals surface area contributed by atoms with Crippen LogP contribution in [0.4, 0.5) is 0 Å². The molecule has 0 bridgehead atoms. The molecule has 0 aliphatic carbocycles. The molecule has 0 aromatic carbocycles. The molecule has 1 N–H and O–H groups in total. The van der Waals surface area contributed by atoms with Gasteiger partial charge in [0.1, 0.15) is 0 Å². The second kappa shape index (κ2) is 18.8. The van der Waals surface area contributed by atoms with Crippen molar-refractivity contribution in [3.8, 4) is 0 Å². The predicted octanol–water partition coefficient (Wildman–Crippen LogP) is 8.15. The van der Waals surface area contributed by atoms with Crippen molar-refractivity contribution >= 4 is 7.82 Å². The number of hydrogen-bond donors (Lipinski definition) is 1. The minimum absolute atomic E-state index is 0.350. The highest BCUT2D eigenvalue weighted by Gasteiger charge is 2.36. The molecule has 0 aromatic rings. The summed E-state index contributed by atoms with van der Waals surface area (Å²) in [5.41, 5.74) is 0. The molecule has 0 aromatic heterocycles. The van der Waals surface area contributed by atoms with Gasteiger partial charge in [0.15, 0.2) is 5.79 Å². The number of rotatable bonds is 22. The first-order chi connectivity index (χ1) is 13.9. The molecule has 0 aliphatic heterocycles. The van der Waals surface area contributed by atoms with Gasteiger partial charge in [-0.1, -0.05) is 110 Å². The third kappa shape index (κ3) is 16.4. The van der Waals surface area contributed by atoms with Crippen molar-refractivity contribution in [2.75, 3.05) is 14.2 Å². The summed E-state index contributed by atoms with van der Waals surface area (Å²) in [7, 11) is -1.14. The monoisotopic (exact) mass is 436 g/mol. The summed E-state index contributed by atoms with van der Waals surface area (Å²) in [6, 6.07) is 0. The van der Waals surface area contributed by atoms with Crippen LogP contribution < -0.4 is 0 Å². The average molecular weight is 437 g/mol. The van der Waals surface area contributed by atoms with Crippen molar-refractivity contribution in [1.82, 2.24) is 0 Å². The summed E-state index contributed by atoms with van der Waals surface area (Å²) in [6.07, 6.45) is 21.7. The van der Waals surface area contributed by atoms with E-state index in [9.17, 15) is 9.67 Å². The molecule has 0 radical (unpaired) electrons. The van der Waals surface area contributed by atoms with Gasteiger partial charge >= 0.3 is 7.82 Å². The highest BCUT2D eigenvalue weighted by molar-refractivity contribution is 7.48. The maximum Gasteiger partial charge on any atom is 0.476 e. The summed E-state index contributed by atoms with van der Waals surface area (Å²) in [4.78, 5) is 0.